The van der Waals surface area contributed by atoms with Crippen molar-refractivity contribution in [3.63, 3.8) is 0 Å². The number of benzene rings is 1. The Labute approximate surface area is 81.7 Å². The summed E-state index contributed by atoms with van der Waals surface area (Å²) in [4.78, 5) is 11.4. The summed E-state index contributed by atoms with van der Waals surface area (Å²) in [6.07, 6.45) is -0.433. The Morgan fingerprint density at radius 3 is 3.00 bits per heavy atom. The highest BCUT2D eigenvalue weighted by atomic mass is 19.1. The maximum Gasteiger partial charge on any atom is 0.163 e. The van der Waals surface area contributed by atoms with Gasteiger partial charge in [-0.15, -0.1) is 0 Å². The Balaban J connectivity index is 2.50. The number of Topliss-reactive ketones (excluding diaryl/α,β-unsaturated/α-hetero) is 1. The van der Waals surface area contributed by atoms with E-state index in [4.69, 9.17) is 4.74 Å². The van der Waals surface area contributed by atoms with E-state index >= 15 is 0 Å². The molecule has 0 amide bonds. The van der Waals surface area contributed by atoms with Gasteiger partial charge in [-0.2, -0.15) is 0 Å². The van der Waals surface area contributed by atoms with E-state index in [9.17, 15) is 9.18 Å². The van der Waals surface area contributed by atoms with Gasteiger partial charge in [0.25, 0.3) is 0 Å². The number of halogens is 1. The summed E-state index contributed by atoms with van der Waals surface area (Å²) in [5.41, 5.74) is 0.977. The number of ketones is 1. The van der Waals surface area contributed by atoms with E-state index < -0.39 is 6.17 Å². The molecule has 0 aliphatic heterocycles. The van der Waals surface area contributed by atoms with E-state index in [-0.39, 0.29) is 5.78 Å². The van der Waals surface area contributed by atoms with Crippen LogP contribution < -0.4 is 4.74 Å². The molecule has 1 aliphatic rings. The Bertz CT molecular complexity index is 374. The molecule has 0 aromatic heterocycles. The molecule has 2 nitrogen and oxygen atoms in total. The van der Waals surface area contributed by atoms with Gasteiger partial charge in [0.15, 0.2) is 5.78 Å². The number of alkyl halides is 1. The lowest BCUT2D eigenvalue weighted by atomic mass is 9.89. The lowest BCUT2D eigenvalue weighted by Crippen LogP contribution is -2.13. The first kappa shape index (κ1) is 9.19. The van der Waals surface area contributed by atoms with E-state index in [1.807, 2.05) is 0 Å². The molecule has 3 heteroatoms. The molecule has 2 rings (SSSR count). The largest absolute Gasteiger partial charge is 0.497 e. The first-order valence-corrected chi connectivity index (χ1v) is 4.57. The fourth-order valence-electron chi connectivity index (χ4n) is 1.73. The van der Waals surface area contributed by atoms with Crippen LogP contribution in [0.4, 0.5) is 4.39 Å². The summed E-state index contributed by atoms with van der Waals surface area (Å²) in [5, 5.41) is 0. The number of methoxy groups -OCH3 is 1. The summed E-state index contributed by atoms with van der Waals surface area (Å²) in [6.45, 7) is 0. The zero-order valence-electron chi connectivity index (χ0n) is 7.92. The second-order valence-corrected chi connectivity index (χ2v) is 3.38. The fraction of sp³-hybridized carbons (Fsp3) is 0.364. The molecule has 1 aliphatic carbocycles. The third-order valence-electron chi connectivity index (χ3n) is 2.52. The third-order valence-corrected chi connectivity index (χ3v) is 2.52. The van der Waals surface area contributed by atoms with Crippen LogP contribution >= 0.6 is 0 Å². The van der Waals surface area contributed by atoms with Crippen LogP contribution in [0.25, 0.3) is 0 Å². The molecule has 0 spiro atoms. The summed E-state index contributed by atoms with van der Waals surface area (Å²) < 4.78 is 18.4. The molecular weight excluding hydrogens is 183 g/mol. The van der Waals surface area contributed by atoms with Gasteiger partial charge in [-0.3, -0.25) is 4.79 Å². The van der Waals surface area contributed by atoms with Crippen LogP contribution in [0, 0.1) is 0 Å². The van der Waals surface area contributed by atoms with Crippen LogP contribution in [0.1, 0.15) is 34.9 Å². The van der Waals surface area contributed by atoms with E-state index in [1.54, 1.807) is 18.2 Å². The van der Waals surface area contributed by atoms with Crippen LogP contribution in [0.3, 0.4) is 0 Å². The predicted octanol–water partition coefficient (Wildman–Crippen LogP) is 2.68. The lowest BCUT2D eigenvalue weighted by Gasteiger charge is -2.18. The maximum atomic E-state index is 13.5. The Kier molecular flexibility index (Phi) is 2.23. The van der Waals surface area contributed by atoms with Crippen LogP contribution in [-0.2, 0) is 0 Å². The molecule has 0 N–H and O–H groups in total. The standard InChI is InChI=1S/C11H11FO2/c1-14-7-2-3-8-9(6-7)10(12)4-5-11(8)13/h2-3,6,10H,4-5H2,1H3. The van der Waals surface area contributed by atoms with Gasteiger partial charge in [-0.25, -0.2) is 4.39 Å². The number of hydrogen-bond donors (Lipinski definition) is 0. The van der Waals surface area contributed by atoms with Crippen molar-refractivity contribution in [3.8, 4) is 5.75 Å². The van der Waals surface area contributed by atoms with Crippen molar-refractivity contribution in [2.45, 2.75) is 19.0 Å². The smallest absolute Gasteiger partial charge is 0.163 e. The number of hydrogen-bond acceptors (Lipinski definition) is 2. The molecule has 1 aromatic rings. The topological polar surface area (TPSA) is 26.3 Å². The molecule has 0 bridgehead atoms. The normalized spacial score (nSPS) is 20.4. The van der Waals surface area contributed by atoms with Crippen LogP contribution in [0.5, 0.6) is 5.75 Å². The van der Waals surface area contributed by atoms with E-state index in [1.165, 1.54) is 7.11 Å². The van der Waals surface area contributed by atoms with Gasteiger partial charge in [0.05, 0.1) is 7.11 Å². The molecule has 1 atom stereocenters. The van der Waals surface area contributed by atoms with Crippen molar-refractivity contribution in [2.75, 3.05) is 7.11 Å². The predicted molar refractivity (Wildman–Crippen MR) is 50.4 cm³/mol. The highest BCUT2D eigenvalue weighted by Gasteiger charge is 2.25. The van der Waals surface area contributed by atoms with Crippen molar-refractivity contribution >= 4 is 5.78 Å². The minimum Gasteiger partial charge on any atom is -0.497 e. The fourth-order valence-corrected chi connectivity index (χ4v) is 1.73. The highest BCUT2D eigenvalue weighted by Crippen LogP contribution is 2.34. The van der Waals surface area contributed by atoms with Crippen LogP contribution in [0.15, 0.2) is 18.2 Å². The van der Waals surface area contributed by atoms with Crippen molar-refractivity contribution in [1.82, 2.24) is 0 Å². The number of fused-ring (bicyclic) bond motifs is 1. The SMILES string of the molecule is COc1ccc2c(c1)C(F)CCC2=O. The molecule has 1 unspecified atom stereocenters. The highest BCUT2D eigenvalue weighted by molar-refractivity contribution is 5.98. The zero-order valence-corrected chi connectivity index (χ0v) is 7.92. The Morgan fingerprint density at radius 1 is 1.50 bits per heavy atom. The van der Waals surface area contributed by atoms with E-state index in [0.29, 0.717) is 29.7 Å². The number of ether oxygens (including phenoxy) is 1. The van der Waals surface area contributed by atoms with Gasteiger partial charge in [-0.1, -0.05) is 0 Å². The molecule has 0 fully saturated rings. The average Bonchev–Trinajstić information content (AvgIpc) is 2.23. The Morgan fingerprint density at radius 2 is 2.29 bits per heavy atom. The molecular formula is C11H11FO2. The summed E-state index contributed by atoms with van der Waals surface area (Å²) in [7, 11) is 1.53. The first-order chi connectivity index (χ1) is 6.72. The number of carbonyl (C=O) groups is 1. The summed E-state index contributed by atoms with van der Waals surface area (Å²) in [5.74, 6) is 0.623. The Hall–Kier alpha value is -1.38. The monoisotopic (exact) mass is 194 g/mol. The van der Waals surface area contributed by atoms with Gasteiger partial charge in [0, 0.05) is 17.5 Å². The molecule has 14 heavy (non-hydrogen) atoms. The van der Waals surface area contributed by atoms with Gasteiger partial charge < -0.3 is 4.74 Å². The quantitative estimate of drug-likeness (QED) is 0.687. The number of carbonyl (C=O) groups excluding carboxylic acids is 1. The summed E-state index contributed by atoms with van der Waals surface area (Å²) in [6, 6.07) is 4.94. The lowest BCUT2D eigenvalue weighted by molar-refractivity contribution is 0.0949. The van der Waals surface area contributed by atoms with Crippen LogP contribution in [0.2, 0.25) is 0 Å². The van der Waals surface area contributed by atoms with Crippen molar-refractivity contribution < 1.29 is 13.9 Å². The second kappa shape index (κ2) is 3.40. The zero-order chi connectivity index (χ0) is 10.1. The molecule has 0 saturated heterocycles. The molecule has 0 heterocycles. The first-order valence-electron chi connectivity index (χ1n) is 4.57. The molecule has 0 saturated carbocycles. The van der Waals surface area contributed by atoms with Gasteiger partial charge in [0.1, 0.15) is 11.9 Å². The summed E-state index contributed by atoms with van der Waals surface area (Å²) >= 11 is 0. The third kappa shape index (κ3) is 1.39. The maximum absolute atomic E-state index is 13.5. The molecule has 0 radical (unpaired) electrons. The van der Waals surface area contributed by atoms with E-state index in [0.717, 1.165) is 0 Å². The molecule has 1 aromatic carbocycles. The van der Waals surface area contributed by atoms with Crippen molar-refractivity contribution in [2.24, 2.45) is 0 Å². The molecule has 74 valence electrons. The number of rotatable bonds is 1. The average molecular weight is 194 g/mol. The van der Waals surface area contributed by atoms with Crippen molar-refractivity contribution in [1.29, 1.82) is 0 Å². The van der Waals surface area contributed by atoms with Gasteiger partial charge in [-0.05, 0) is 24.6 Å². The van der Waals surface area contributed by atoms with Crippen molar-refractivity contribution in [3.05, 3.63) is 29.3 Å². The van der Waals surface area contributed by atoms with Crippen LogP contribution in [-0.4, -0.2) is 12.9 Å². The minimum atomic E-state index is -1.03. The van der Waals surface area contributed by atoms with Gasteiger partial charge in [0.2, 0.25) is 0 Å². The van der Waals surface area contributed by atoms with Gasteiger partial charge >= 0.3 is 0 Å². The van der Waals surface area contributed by atoms with E-state index in [2.05, 4.69) is 0 Å². The second-order valence-electron chi connectivity index (χ2n) is 3.38. The minimum absolute atomic E-state index is 0.0246.